The molecule has 1 N–H and O–H groups in total. The SMILES string of the molecule is CS(=O)(=O)OC1CCC2NC=c3ccccc3=C2C1. The van der Waals surface area contributed by atoms with Crippen LogP contribution in [0, 0.1) is 0 Å². The predicted octanol–water partition coefficient (Wildman–Crippen LogP) is 0.0758. The van der Waals surface area contributed by atoms with E-state index in [4.69, 9.17) is 4.18 Å². The van der Waals surface area contributed by atoms with Gasteiger partial charge in [0, 0.05) is 12.2 Å². The maximum Gasteiger partial charge on any atom is 0.264 e. The van der Waals surface area contributed by atoms with Gasteiger partial charge in [-0.1, -0.05) is 24.3 Å². The molecule has 19 heavy (non-hydrogen) atoms. The molecule has 5 heteroatoms. The highest BCUT2D eigenvalue weighted by molar-refractivity contribution is 7.86. The minimum Gasteiger partial charge on any atom is -0.384 e. The van der Waals surface area contributed by atoms with Crippen molar-refractivity contribution in [2.45, 2.75) is 31.4 Å². The molecule has 1 aromatic rings. The molecule has 2 unspecified atom stereocenters. The Morgan fingerprint density at radius 1 is 1.26 bits per heavy atom. The quantitative estimate of drug-likeness (QED) is 0.779. The number of benzene rings is 1. The van der Waals surface area contributed by atoms with Gasteiger partial charge in [0.25, 0.3) is 10.1 Å². The fourth-order valence-corrected chi connectivity index (χ4v) is 3.59. The van der Waals surface area contributed by atoms with Gasteiger partial charge in [0.15, 0.2) is 0 Å². The molecule has 1 aliphatic carbocycles. The number of nitrogens with one attached hydrogen (secondary N) is 1. The van der Waals surface area contributed by atoms with E-state index in [1.54, 1.807) is 0 Å². The number of fused-ring (bicyclic) bond motifs is 2. The maximum absolute atomic E-state index is 11.3. The molecule has 0 bridgehead atoms. The molecule has 0 amide bonds. The van der Waals surface area contributed by atoms with Crippen LogP contribution in [0.15, 0.2) is 24.3 Å². The molecule has 1 aliphatic heterocycles. The van der Waals surface area contributed by atoms with Gasteiger partial charge in [0.1, 0.15) is 0 Å². The number of hydrogen-bond acceptors (Lipinski definition) is 4. The van der Waals surface area contributed by atoms with Crippen LogP contribution in [-0.4, -0.2) is 26.8 Å². The zero-order valence-electron chi connectivity index (χ0n) is 10.8. The summed E-state index contributed by atoms with van der Waals surface area (Å²) in [5.74, 6) is 0. The predicted molar refractivity (Wildman–Crippen MR) is 74.1 cm³/mol. The van der Waals surface area contributed by atoms with E-state index >= 15 is 0 Å². The second-order valence-corrected chi connectivity index (χ2v) is 6.78. The first kappa shape index (κ1) is 12.7. The van der Waals surface area contributed by atoms with Crippen LogP contribution in [0.25, 0.3) is 11.8 Å². The Labute approximate surface area is 112 Å². The van der Waals surface area contributed by atoms with Crippen molar-refractivity contribution in [1.82, 2.24) is 5.32 Å². The van der Waals surface area contributed by atoms with Crippen molar-refractivity contribution in [1.29, 1.82) is 0 Å². The van der Waals surface area contributed by atoms with Gasteiger partial charge in [-0.05, 0) is 35.3 Å². The average Bonchev–Trinajstić information content (AvgIpc) is 2.37. The first-order chi connectivity index (χ1) is 9.03. The summed E-state index contributed by atoms with van der Waals surface area (Å²) in [6.45, 7) is 0. The Bertz CT molecular complexity index is 708. The molecule has 0 spiro atoms. The van der Waals surface area contributed by atoms with Crippen LogP contribution in [0.4, 0.5) is 0 Å². The molecule has 102 valence electrons. The van der Waals surface area contributed by atoms with E-state index < -0.39 is 10.1 Å². The van der Waals surface area contributed by atoms with Gasteiger partial charge in [-0.2, -0.15) is 8.42 Å². The first-order valence-electron chi connectivity index (χ1n) is 6.45. The largest absolute Gasteiger partial charge is 0.384 e. The van der Waals surface area contributed by atoms with Crippen molar-refractivity contribution >= 4 is 21.9 Å². The molecule has 0 saturated heterocycles. The van der Waals surface area contributed by atoms with Crippen molar-refractivity contribution in [3.8, 4) is 0 Å². The van der Waals surface area contributed by atoms with Gasteiger partial charge in [-0.25, -0.2) is 0 Å². The van der Waals surface area contributed by atoms with Crippen LogP contribution >= 0.6 is 0 Å². The van der Waals surface area contributed by atoms with Crippen molar-refractivity contribution in [3.63, 3.8) is 0 Å². The highest BCUT2D eigenvalue weighted by atomic mass is 32.2. The van der Waals surface area contributed by atoms with E-state index in [0.29, 0.717) is 12.5 Å². The lowest BCUT2D eigenvalue weighted by atomic mass is 9.85. The Kier molecular flexibility index (Phi) is 3.11. The summed E-state index contributed by atoms with van der Waals surface area (Å²) >= 11 is 0. The summed E-state index contributed by atoms with van der Waals surface area (Å²) in [7, 11) is -3.38. The van der Waals surface area contributed by atoms with Gasteiger partial charge in [0.05, 0.1) is 12.4 Å². The van der Waals surface area contributed by atoms with Crippen LogP contribution in [0.5, 0.6) is 0 Å². The Balaban J connectivity index is 1.99. The van der Waals surface area contributed by atoms with Crippen LogP contribution in [0.2, 0.25) is 0 Å². The molecular weight excluding hydrogens is 262 g/mol. The first-order valence-corrected chi connectivity index (χ1v) is 8.27. The molecule has 0 aromatic heterocycles. The standard InChI is InChI=1S/C14H17NO3S/c1-19(16,17)18-11-6-7-14-13(8-11)12-5-3-2-4-10(12)9-15-14/h2-5,9,11,14-15H,6-8H2,1H3. The van der Waals surface area contributed by atoms with E-state index in [0.717, 1.165) is 24.3 Å². The fraction of sp³-hybridized carbons (Fsp3) is 0.429. The lowest BCUT2D eigenvalue weighted by molar-refractivity contribution is 0.187. The van der Waals surface area contributed by atoms with E-state index in [1.807, 2.05) is 18.3 Å². The molecule has 2 aliphatic rings. The van der Waals surface area contributed by atoms with Crippen molar-refractivity contribution in [2.75, 3.05) is 6.26 Å². The minimum absolute atomic E-state index is 0.228. The molecule has 2 atom stereocenters. The third-order valence-corrected chi connectivity index (χ3v) is 4.32. The summed E-state index contributed by atoms with van der Waals surface area (Å²) < 4.78 is 27.7. The summed E-state index contributed by atoms with van der Waals surface area (Å²) in [5, 5.41) is 5.77. The minimum atomic E-state index is -3.38. The molecule has 3 rings (SSSR count). The Morgan fingerprint density at radius 3 is 2.84 bits per heavy atom. The molecular formula is C14H17NO3S. The van der Waals surface area contributed by atoms with Crippen molar-refractivity contribution in [3.05, 3.63) is 34.7 Å². The summed E-state index contributed by atoms with van der Waals surface area (Å²) in [6, 6.07) is 8.49. The lowest BCUT2D eigenvalue weighted by Crippen LogP contribution is -2.46. The monoisotopic (exact) mass is 279 g/mol. The summed E-state index contributed by atoms with van der Waals surface area (Å²) in [5.41, 5.74) is 1.26. The van der Waals surface area contributed by atoms with Crippen LogP contribution in [-0.2, 0) is 14.3 Å². The van der Waals surface area contributed by atoms with E-state index in [9.17, 15) is 8.42 Å². The third kappa shape index (κ3) is 2.67. The summed E-state index contributed by atoms with van der Waals surface area (Å²) in [6.07, 6.45) is 5.28. The maximum atomic E-state index is 11.3. The van der Waals surface area contributed by atoms with Gasteiger partial charge in [0.2, 0.25) is 0 Å². The second-order valence-electron chi connectivity index (χ2n) is 5.18. The van der Waals surface area contributed by atoms with Gasteiger partial charge in [-0.3, -0.25) is 4.18 Å². The highest BCUT2D eigenvalue weighted by Gasteiger charge is 2.29. The number of hydrogen-bond donors (Lipinski definition) is 1. The highest BCUT2D eigenvalue weighted by Crippen LogP contribution is 2.27. The van der Waals surface area contributed by atoms with E-state index in [1.165, 1.54) is 10.8 Å². The van der Waals surface area contributed by atoms with Crippen molar-refractivity contribution < 1.29 is 12.6 Å². The Morgan fingerprint density at radius 2 is 2.05 bits per heavy atom. The smallest absolute Gasteiger partial charge is 0.264 e. The fourth-order valence-electron chi connectivity index (χ4n) is 2.93. The number of rotatable bonds is 2. The van der Waals surface area contributed by atoms with Crippen LogP contribution in [0.3, 0.4) is 0 Å². The summed E-state index contributed by atoms with van der Waals surface area (Å²) in [4.78, 5) is 0. The van der Waals surface area contributed by atoms with Crippen LogP contribution < -0.4 is 15.8 Å². The molecule has 4 nitrogen and oxygen atoms in total. The Hall–Kier alpha value is -1.33. The topological polar surface area (TPSA) is 55.4 Å². The molecule has 1 heterocycles. The third-order valence-electron chi connectivity index (χ3n) is 3.70. The molecule has 0 radical (unpaired) electrons. The average molecular weight is 279 g/mol. The van der Waals surface area contributed by atoms with Crippen molar-refractivity contribution in [2.24, 2.45) is 0 Å². The van der Waals surface area contributed by atoms with Crippen LogP contribution in [0.1, 0.15) is 19.3 Å². The molecule has 1 saturated carbocycles. The van der Waals surface area contributed by atoms with Gasteiger partial charge >= 0.3 is 0 Å². The lowest BCUT2D eigenvalue weighted by Gasteiger charge is -2.32. The molecule has 1 fully saturated rings. The normalized spacial score (nSPS) is 25.8. The van der Waals surface area contributed by atoms with Gasteiger partial charge in [-0.15, -0.1) is 0 Å². The van der Waals surface area contributed by atoms with Gasteiger partial charge < -0.3 is 5.32 Å². The van der Waals surface area contributed by atoms with E-state index in [2.05, 4.69) is 17.4 Å². The zero-order chi connectivity index (χ0) is 13.5. The second kappa shape index (κ2) is 4.65. The zero-order valence-corrected chi connectivity index (χ0v) is 11.6. The van der Waals surface area contributed by atoms with E-state index in [-0.39, 0.29) is 6.10 Å². The molecule has 1 aromatic carbocycles.